The monoisotopic (exact) mass is 458 g/mol. The number of carbonyl (C=O) groups is 2. The van der Waals surface area contributed by atoms with E-state index in [1.807, 2.05) is 42.5 Å². The molecule has 1 fully saturated rings. The number of benzene rings is 2. The first kappa shape index (κ1) is 23.7. The Bertz CT molecular complexity index is 1020. The summed E-state index contributed by atoms with van der Waals surface area (Å²) in [7, 11) is -3.60. The highest BCUT2D eigenvalue weighted by Gasteiger charge is 2.30. The van der Waals surface area contributed by atoms with E-state index in [2.05, 4.69) is 24.5 Å². The lowest BCUT2D eigenvalue weighted by Gasteiger charge is -2.34. The third kappa shape index (κ3) is 6.08. The molecule has 2 aromatic rings. The molecular weight excluding hydrogens is 428 g/mol. The molecule has 8 nitrogen and oxygen atoms in total. The van der Waals surface area contributed by atoms with E-state index in [0.717, 1.165) is 11.1 Å². The van der Waals surface area contributed by atoms with E-state index in [-0.39, 0.29) is 43.5 Å². The SMILES string of the molecule is CC(C)c1ccc(S(=O)(=O)N2CCN(C(=O)CNC(=O)NCc3ccccc3)CC2)cc1. The number of urea groups is 1. The number of piperazine rings is 1. The average Bonchev–Trinajstić information content (AvgIpc) is 2.82. The topological polar surface area (TPSA) is 98.8 Å². The van der Waals surface area contributed by atoms with Gasteiger partial charge in [-0.25, -0.2) is 13.2 Å². The maximum Gasteiger partial charge on any atom is 0.315 e. The van der Waals surface area contributed by atoms with Gasteiger partial charge in [-0.3, -0.25) is 4.79 Å². The van der Waals surface area contributed by atoms with Crippen LogP contribution in [-0.2, 0) is 21.4 Å². The van der Waals surface area contributed by atoms with Crippen LogP contribution in [0.2, 0.25) is 0 Å². The second-order valence-corrected chi connectivity index (χ2v) is 9.97. The van der Waals surface area contributed by atoms with Crippen molar-refractivity contribution in [2.24, 2.45) is 0 Å². The van der Waals surface area contributed by atoms with Crippen LogP contribution < -0.4 is 10.6 Å². The maximum absolute atomic E-state index is 12.9. The maximum atomic E-state index is 12.9. The Morgan fingerprint density at radius 1 is 0.906 bits per heavy atom. The number of amides is 3. The zero-order chi connectivity index (χ0) is 23.1. The standard InChI is InChI=1S/C23H30N4O4S/c1-18(2)20-8-10-21(11-9-20)32(30,31)27-14-12-26(13-15-27)22(28)17-25-23(29)24-16-19-6-4-3-5-7-19/h3-11,18H,12-17H2,1-2H3,(H2,24,25,29). The molecule has 1 heterocycles. The quantitative estimate of drug-likeness (QED) is 0.664. The van der Waals surface area contributed by atoms with E-state index in [1.54, 1.807) is 17.0 Å². The number of hydrogen-bond acceptors (Lipinski definition) is 4. The van der Waals surface area contributed by atoms with Crippen molar-refractivity contribution in [2.75, 3.05) is 32.7 Å². The first-order chi connectivity index (χ1) is 15.3. The molecule has 0 unspecified atom stereocenters. The summed E-state index contributed by atoms with van der Waals surface area (Å²) in [6.07, 6.45) is 0. The lowest BCUT2D eigenvalue weighted by Crippen LogP contribution is -2.53. The molecule has 1 aliphatic heterocycles. The van der Waals surface area contributed by atoms with Gasteiger partial charge in [-0.15, -0.1) is 0 Å². The minimum absolute atomic E-state index is 0.135. The molecule has 0 bridgehead atoms. The van der Waals surface area contributed by atoms with Crippen molar-refractivity contribution in [3.63, 3.8) is 0 Å². The minimum atomic E-state index is -3.60. The molecule has 1 saturated heterocycles. The fraction of sp³-hybridized carbons (Fsp3) is 0.391. The number of hydrogen-bond donors (Lipinski definition) is 2. The van der Waals surface area contributed by atoms with Crippen molar-refractivity contribution < 1.29 is 18.0 Å². The van der Waals surface area contributed by atoms with Gasteiger partial charge in [0.2, 0.25) is 15.9 Å². The molecule has 9 heteroatoms. The van der Waals surface area contributed by atoms with Gasteiger partial charge in [0.05, 0.1) is 11.4 Å². The molecule has 2 aromatic carbocycles. The fourth-order valence-electron chi connectivity index (χ4n) is 3.46. The summed E-state index contributed by atoms with van der Waals surface area (Å²) in [5.74, 6) is 0.0912. The number of nitrogens with one attached hydrogen (secondary N) is 2. The second kappa shape index (κ2) is 10.6. The summed E-state index contributed by atoms with van der Waals surface area (Å²) < 4.78 is 27.2. The third-order valence-corrected chi connectivity index (χ3v) is 7.38. The normalized spacial score (nSPS) is 14.9. The smallest absolute Gasteiger partial charge is 0.315 e. The zero-order valence-corrected chi connectivity index (χ0v) is 19.3. The summed E-state index contributed by atoms with van der Waals surface area (Å²) in [6.45, 7) is 5.37. The predicted octanol–water partition coefficient (Wildman–Crippen LogP) is 2.14. The highest BCUT2D eigenvalue weighted by molar-refractivity contribution is 7.89. The summed E-state index contributed by atoms with van der Waals surface area (Å²) in [4.78, 5) is 26.2. The van der Waals surface area contributed by atoms with E-state index in [0.29, 0.717) is 12.5 Å². The van der Waals surface area contributed by atoms with Crippen molar-refractivity contribution in [3.8, 4) is 0 Å². The Morgan fingerprint density at radius 3 is 2.12 bits per heavy atom. The van der Waals surface area contributed by atoms with E-state index in [9.17, 15) is 18.0 Å². The first-order valence-electron chi connectivity index (χ1n) is 10.7. The van der Waals surface area contributed by atoms with Crippen molar-refractivity contribution in [1.29, 1.82) is 0 Å². The van der Waals surface area contributed by atoms with Crippen LogP contribution in [0, 0.1) is 0 Å². The Labute approximate surface area is 189 Å². The zero-order valence-electron chi connectivity index (χ0n) is 18.5. The molecule has 0 radical (unpaired) electrons. The van der Waals surface area contributed by atoms with Crippen molar-refractivity contribution >= 4 is 22.0 Å². The van der Waals surface area contributed by atoms with Crippen molar-refractivity contribution in [3.05, 3.63) is 65.7 Å². The first-order valence-corrected chi connectivity index (χ1v) is 12.1. The molecule has 1 aliphatic rings. The van der Waals surface area contributed by atoms with Crippen molar-refractivity contribution in [1.82, 2.24) is 19.8 Å². The molecule has 0 aromatic heterocycles. The molecule has 32 heavy (non-hydrogen) atoms. The molecule has 0 saturated carbocycles. The summed E-state index contributed by atoms with van der Waals surface area (Å²) in [5, 5.41) is 5.26. The van der Waals surface area contributed by atoms with Crippen LogP contribution in [0.15, 0.2) is 59.5 Å². The molecular formula is C23H30N4O4S. The molecule has 0 spiro atoms. The predicted molar refractivity (Wildman–Crippen MR) is 123 cm³/mol. The van der Waals surface area contributed by atoms with E-state index in [1.165, 1.54) is 4.31 Å². The van der Waals surface area contributed by atoms with Crippen LogP contribution in [0.1, 0.15) is 30.9 Å². The highest BCUT2D eigenvalue weighted by atomic mass is 32.2. The Hall–Kier alpha value is -2.91. The summed E-state index contributed by atoms with van der Waals surface area (Å²) in [5.41, 5.74) is 2.05. The van der Waals surface area contributed by atoms with E-state index >= 15 is 0 Å². The Balaban J connectivity index is 1.45. The van der Waals surface area contributed by atoms with Gasteiger partial charge in [0.15, 0.2) is 0 Å². The van der Waals surface area contributed by atoms with Gasteiger partial charge < -0.3 is 15.5 Å². The van der Waals surface area contributed by atoms with Crippen molar-refractivity contribution in [2.45, 2.75) is 31.2 Å². The molecule has 3 amide bonds. The average molecular weight is 459 g/mol. The van der Waals surface area contributed by atoms with Crippen LogP contribution in [-0.4, -0.2) is 62.3 Å². The fourth-order valence-corrected chi connectivity index (χ4v) is 4.88. The van der Waals surface area contributed by atoms with Gasteiger partial charge in [-0.2, -0.15) is 4.31 Å². The lowest BCUT2D eigenvalue weighted by atomic mass is 10.0. The third-order valence-electron chi connectivity index (χ3n) is 5.47. The van der Waals surface area contributed by atoms with Crippen LogP contribution in [0.5, 0.6) is 0 Å². The van der Waals surface area contributed by atoms with Crippen LogP contribution in [0.3, 0.4) is 0 Å². The van der Waals surface area contributed by atoms with Crippen LogP contribution in [0.25, 0.3) is 0 Å². The Morgan fingerprint density at radius 2 is 1.53 bits per heavy atom. The van der Waals surface area contributed by atoms with Gasteiger partial charge in [-0.1, -0.05) is 56.3 Å². The van der Waals surface area contributed by atoms with Gasteiger partial charge in [-0.05, 0) is 29.2 Å². The van der Waals surface area contributed by atoms with Gasteiger partial charge >= 0.3 is 6.03 Å². The largest absolute Gasteiger partial charge is 0.339 e. The van der Waals surface area contributed by atoms with Gasteiger partial charge in [0.25, 0.3) is 0 Å². The van der Waals surface area contributed by atoms with Gasteiger partial charge in [0.1, 0.15) is 0 Å². The molecule has 2 N–H and O–H groups in total. The number of sulfonamides is 1. The summed E-state index contributed by atoms with van der Waals surface area (Å²) >= 11 is 0. The van der Waals surface area contributed by atoms with E-state index in [4.69, 9.17) is 0 Å². The lowest BCUT2D eigenvalue weighted by molar-refractivity contribution is -0.131. The van der Waals surface area contributed by atoms with Crippen LogP contribution in [0.4, 0.5) is 4.79 Å². The van der Waals surface area contributed by atoms with Crippen LogP contribution >= 0.6 is 0 Å². The number of nitrogens with zero attached hydrogens (tertiary/aromatic N) is 2. The van der Waals surface area contributed by atoms with E-state index < -0.39 is 16.1 Å². The van der Waals surface area contributed by atoms with Gasteiger partial charge in [0, 0.05) is 32.7 Å². The molecule has 0 atom stereocenters. The Kier molecular flexibility index (Phi) is 7.87. The second-order valence-electron chi connectivity index (χ2n) is 8.03. The number of carbonyl (C=O) groups excluding carboxylic acids is 2. The highest BCUT2D eigenvalue weighted by Crippen LogP contribution is 2.21. The number of rotatable bonds is 7. The minimum Gasteiger partial charge on any atom is -0.339 e. The molecule has 3 rings (SSSR count). The molecule has 0 aliphatic carbocycles. The molecule has 172 valence electrons. The summed E-state index contributed by atoms with van der Waals surface area (Å²) in [6, 6.07) is 16.0.